The highest BCUT2D eigenvalue weighted by Crippen LogP contribution is 2.35. The van der Waals surface area contributed by atoms with Crippen molar-refractivity contribution < 1.29 is 23.8 Å². The van der Waals surface area contributed by atoms with E-state index in [1.54, 1.807) is 51.5 Å². The predicted molar refractivity (Wildman–Crippen MR) is 92.1 cm³/mol. The van der Waals surface area contributed by atoms with E-state index >= 15 is 0 Å². The van der Waals surface area contributed by atoms with Crippen LogP contribution in [-0.2, 0) is 0 Å². The van der Waals surface area contributed by atoms with Gasteiger partial charge >= 0.3 is 6.09 Å². The number of carbonyl (C=O) groups excluding carboxylic acids is 2. The number of nitrogens with zero attached hydrogens (tertiary/aromatic N) is 1. The van der Waals surface area contributed by atoms with Gasteiger partial charge in [0.05, 0.1) is 12.7 Å². The number of ketones is 1. The molecule has 1 heterocycles. The normalized spacial score (nSPS) is 14.0. The molecule has 25 heavy (non-hydrogen) atoms. The Morgan fingerprint density at radius 3 is 2.40 bits per heavy atom. The van der Waals surface area contributed by atoms with E-state index in [0.717, 1.165) is 11.3 Å². The molecule has 3 rings (SSSR count). The summed E-state index contributed by atoms with van der Waals surface area (Å²) < 4.78 is 15.9. The number of rotatable bonds is 3. The van der Waals surface area contributed by atoms with Crippen LogP contribution >= 0.6 is 0 Å². The fourth-order valence-corrected chi connectivity index (χ4v) is 2.27. The molecule has 0 bridgehead atoms. The number of amides is 1. The van der Waals surface area contributed by atoms with Gasteiger partial charge in [0.25, 0.3) is 0 Å². The second-order valence-corrected chi connectivity index (χ2v) is 5.63. The summed E-state index contributed by atoms with van der Waals surface area (Å²) in [6, 6.07) is 12.0. The van der Waals surface area contributed by atoms with Crippen molar-refractivity contribution in [3.63, 3.8) is 0 Å². The molecule has 128 valence electrons. The van der Waals surface area contributed by atoms with Crippen molar-refractivity contribution in [2.24, 2.45) is 0 Å². The monoisotopic (exact) mass is 339 g/mol. The zero-order valence-electron chi connectivity index (χ0n) is 14.1. The summed E-state index contributed by atoms with van der Waals surface area (Å²) in [5.74, 6) is 1.42. The molecule has 2 aromatic rings. The number of carbonyl (C=O) groups is 2. The Labute approximate surface area is 145 Å². The molecule has 0 radical (unpaired) electrons. The summed E-state index contributed by atoms with van der Waals surface area (Å²) >= 11 is 0. The van der Waals surface area contributed by atoms with Crippen molar-refractivity contribution in [2.45, 2.75) is 0 Å². The molecule has 6 heteroatoms. The maximum atomic E-state index is 12.4. The van der Waals surface area contributed by atoms with Crippen LogP contribution in [0.15, 0.2) is 48.2 Å². The average Bonchev–Trinajstić information content (AvgIpc) is 2.91. The quantitative estimate of drug-likeness (QED) is 0.802. The molecule has 0 atom stereocenters. The number of hydrogen-bond donors (Lipinski definition) is 0. The lowest BCUT2D eigenvalue weighted by Gasteiger charge is -2.10. The maximum absolute atomic E-state index is 12.4. The third kappa shape index (κ3) is 3.47. The third-order valence-electron chi connectivity index (χ3n) is 3.63. The fraction of sp³-hybridized carbons (Fsp3) is 0.158. The van der Waals surface area contributed by atoms with Crippen LogP contribution < -0.4 is 14.2 Å². The van der Waals surface area contributed by atoms with E-state index in [0.29, 0.717) is 17.1 Å². The number of hydrogen-bond acceptors (Lipinski definition) is 5. The highest BCUT2D eigenvalue weighted by Gasteiger charge is 2.28. The number of ether oxygens (including phenoxy) is 3. The second kappa shape index (κ2) is 6.68. The number of methoxy groups -OCH3 is 1. The first-order chi connectivity index (χ1) is 12.0. The molecule has 0 fully saturated rings. The minimum absolute atomic E-state index is 0.212. The van der Waals surface area contributed by atoms with E-state index in [1.165, 1.54) is 11.0 Å². The van der Waals surface area contributed by atoms with Crippen LogP contribution in [0.25, 0.3) is 6.08 Å². The summed E-state index contributed by atoms with van der Waals surface area (Å²) in [6.45, 7) is 0. The summed E-state index contributed by atoms with van der Waals surface area (Å²) in [4.78, 5) is 25.4. The van der Waals surface area contributed by atoms with E-state index in [4.69, 9.17) is 14.2 Å². The van der Waals surface area contributed by atoms with E-state index in [9.17, 15) is 9.59 Å². The van der Waals surface area contributed by atoms with Gasteiger partial charge in [-0.05, 0) is 35.9 Å². The molecule has 0 saturated heterocycles. The molecule has 1 aliphatic rings. The van der Waals surface area contributed by atoms with Crippen LogP contribution in [0.2, 0.25) is 0 Å². The lowest BCUT2D eigenvalue weighted by Crippen LogP contribution is -2.25. The second-order valence-electron chi connectivity index (χ2n) is 5.63. The van der Waals surface area contributed by atoms with Crippen molar-refractivity contribution in [1.82, 2.24) is 4.90 Å². The number of allylic oxidation sites excluding steroid dienone is 1. The lowest BCUT2D eigenvalue weighted by atomic mass is 10.1. The first kappa shape index (κ1) is 16.6. The standard InChI is InChI=1S/C19H17NO5/c1-20(2)19(22)24-14-8-9-15-16(11-14)25-17(18(15)21)10-12-4-6-13(23-3)7-5-12/h4-11H,1-3H3/b17-10-. The topological polar surface area (TPSA) is 65.1 Å². The van der Waals surface area contributed by atoms with Crippen molar-refractivity contribution in [1.29, 1.82) is 0 Å². The predicted octanol–water partition coefficient (Wildman–Crippen LogP) is 3.37. The summed E-state index contributed by atoms with van der Waals surface area (Å²) in [7, 11) is 4.77. The van der Waals surface area contributed by atoms with Gasteiger partial charge in [-0.25, -0.2) is 4.79 Å². The van der Waals surface area contributed by atoms with Gasteiger partial charge in [-0.2, -0.15) is 0 Å². The molecule has 0 aliphatic carbocycles. The third-order valence-corrected chi connectivity index (χ3v) is 3.63. The highest BCUT2D eigenvalue weighted by atomic mass is 16.6. The largest absolute Gasteiger partial charge is 0.497 e. The molecule has 0 unspecified atom stereocenters. The van der Waals surface area contributed by atoms with Crippen LogP contribution in [0.4, 0.5) is 4.79 Å². The van der Waals surface area contributed by atoms with Gasteiger partial charge < -0.3 is 19.1 Å². The van der Waals surface area contributed by atoms with Crippen LogP contribution in [0.1, 0.15) is 15.9 Å². The van der Waals surface area contributed by atoms with Gasteiger partial charge in [-0.15, -0.1) is 0 Å². The molecule has 0 aromatic heterocycles. The number of fused-ring (bicyclic) bond motifs is 1. The van der Waals surface area contributed by atoms with Gasteiger partial charge in [0, 0.05) is 20.2 Å². The Kier molecular flexibility index (Phi) is 4.43. The smallest absolute Gasteiger partial charge is 0.414 e. The molecule has 0 N–H and O–H groups in total. The fourth-order valence-electron chi connectivity index (χ4n) is 2.27. The van der Waals surface area contributed by atoms with Gasteiger partial charge in [-0.3, -0.25) is 4.79 Å². The summed E-state index contributed by atoms with van der Waals surface area (Å²) in [5.41, 5.74) is 1.25. The van der Waals surface area contributed by atoms with Crippen LogP contribution in [-0.4, -0.2) is 38.0 Å². The molecule has 1 amide bonds. The first-order valence-corrected chi connectivity index (χ1v) is 7.59. The van der Waals surface area contributed by atoms with Gasteiger partial charge in [0.15, 0.2) is 5.76 Å². The molecule has 0 saturated carbocycles. The summed E-state index contributed by atoms with van der Waals surface area (Å²) in [6.07, 6.45) is 1.16. The van der Waals surface area contributed by atoms with E-state index in [1.807, 2.05) is 12.1 Å². The molecule has 0 spiro atoms. The van der Waals surface area contributed by atoms with Gasteiger partial charge in [0.2, 0.25) is 5.78 Å². The maximum Gasteiger partial charge on any atom is 0.414 e. The lowest BCUT2D eigenvalue weighted by molar-refractivity contribution is 0.101. The number of Topliss-reactive ketones (excluding diaryl/α,β-unsaturated/α-hetero) is 1. The Hall–Kier alpha value is -3.28. The Morgan fingerprint density at radius 2 is 1.76 bits per heavy atom. The SMILES string of the molecule is COc1ccc(/C=C2\Oc3cc(OC(=O)N(C)C)ccc3C2=O)cc1. The van der Waals surface area contributed by atoms with E-state index < -0.39 is 6.09 Å². The Bertz CT molecular complexity index is 853. The first-order valence-electron chi connectivity index (χ1n) is 7.59. The van der Waals surface area contributed by atoms with Crippen molar-refractivity contribution in [3.05, 3.63) is 59.4 Å². The molecule has 2 aromatic carbocycles. The molecule has 6 nitrogen and oxygen atoms in total. The van der Waals surface area contributed by atoms with E-state index in [2.05, 4.69) is 0 Å². The Morgan fingerprint density at radius 1 is 1.08 bits per heavy atom. The van der Waals surface area contributed by atoms with Gasteiger partial charge in [0.1, 0.15) is 17.2 Å². The zero-order chi connectivity index (χ0) is 18.0. The minimum atomic E-state index is -0.502. The number of benzene rings is 2. The van der Waals surface area contributed by atoms with Crippen molar-refractivity contribution in [3.8, 4) is 17.2 Å². The molecular weight excluding hydrogens is 322 g/mol. The van der Waals surface area contributed by atoms with Crippen LogP contribution in [0, 0.1) is 0 Å². The van der Waals surface area contributed by atoms with Crippen molar-refractivity contribution >= 4 is 18.0 Å². The zero-order valence-corrected chi connectivity index (χ0v) is 14.1. The minimum Gasteiger partial charge on any atom is -0.497 e. The highest BCUT2D eigenvalue weighted by molar-refractivity contribution is 6.14. The van der Waals surface area contributed by atoms with E-state index in [-0.39, 0.29) is 11.5 Å². The van der Waals surface area contributed by atoms with Crippen LogP contribution in [0.5, 0.6) is 17.2 Å². The average molecular weight is 339 g/mol. The van der Waals surface area contributed by atoms with Crippen LogP contribution in [0.3, 0.4) is 0 Å². The van der Waals surface area contributed by atoms with Crippen molar-refractivity contribution in [2.75, 3.05) is 21.2 Å². The molecule has 1 aliphatic heterocycles. The van der Waals surface area contributed by atoms with Gasteiger partial charge in [-0.1, -0.05) is 12.1 Å². The Balaban J connectivity index is 1.82. The summed E-state index contributed by atoms with van der Waals surface area (Å²) in [5, 5.41) is 0. The molecular formula is C19H17NO5.